The van der Waals surface area contributed by atoms with E-state index in [1.165, 1.54) is 0 Å². The van der Waals surface area contributed by atoms with Gasteiger partial charge in [-0.1, -0.05) is 6.92 Å². The third-order valence-electron chi connectivity index (χ3n) is 2.52. The Morgan fingerprint density at radius 2 is 1.35 bits per heavy atom. The maximum Gasteiger partial charge on any atom is 0.257 e. The van der Waals surface area contributed by atoms with Gasteiger partial charge in [0, 0.05) is 19.4 Å². The Morgan fingerprint density at radius 3 is 1.80 bits per heavy atom. The summed E-state index contributed by atoms with van der Waals surface area (Å²) in [4.78, 5) is 22.4. The van der Waals surface area contributed by atoms with Gasteiger partial charge in [-0.25, -0.2) is 22.0 Å². The van der Waals surface area contributed by atoms with Crippen molar-refractivity contribution in [3.05, 3.63) is 34.6 Å². The fourth-order valence-corrected chi connectivity index (χ4v) is 1.38. The highest BCUT2D eigenvalue weighted by Gasteiger charge is 2.29. The van der Waals surface area contributed by atoms with Crippen molar-refractivity contribution in [2.45, 2.75) is 19.8 Å². The van der Waals surface area contributed by atoms with E-state index < -0.39 is 40.6 Å². The van der Waals surface area contributed by atoms with E-state index in [2.05, 4.69) is 0 Å². The van der Waals surface area contributed by atoms with Gasteiger partial charge < -0.3 is 5.32 Å². The molecule has 0 unspecified atom stereocenters. The smallest absolute Gasteiger partial charge is 0.257 e. The molecule has 20 heavy (non-hydrogen) atoms. The number of ketones is 1. The highest BCUT2D eigenvalue weighted by molar-refractivity contribution is 5.95. The lowest BCUT2D eigenvalue weighted by Gasteiger charge is -2.08. The van der Waals surface area contributed by atoms with Crippen LogP contribution in [0.3, 0.4) is 0 Å². The zero-order chi connectivity index (χ0) is 15.4. The van der Waals surface area contributed by atoms with Crippen LogP contribution < -0.4 is 5.32 Å². The number of benzene rings is 1. The number of nitrogens with one attached hydrogen (secondary N) is 1. The Balaban J connectivity index is 2.97. The summed E-state index contributed by atoms with van der Waals surface area (Å²) in [6.45, 7) is 1.32. The molecule has 1 N–H and O–H groups in total. The average molecular weight is 295 g/mol. The molecule has 0 saturated carbocycles. The average Bonchev–Trinajstić information content (AvgIpc) is 2.43. The fraction of sp³-hybridized carbons (Fsp3) is 0.333. The molecular weight excluding hydrogens is 285 g/mol. The molecule has 0 bridgehead atoms. The van der Waals surface area contributed by atoms with Crippen molar-refractivity contribution < 1.29 is 31.5 Å². The maximum atomic E-state index is 13.3. The van der Waals surface area contributed by atoms with Crippen molar-refractivity contribution in [3.63, 3.8) is 0 Å². The van der Waals surface area contributed by atoms with Crippen LogP contribution in [0.5, 0.6) is 0 Å². The van der Waals surface area contributed by atoms with Crippen LogP contribution in [0.4, 0.5) is 22.0 Å². The van der Waals surface area contributed by atoms with Crippen LogP contribution in [0.1, 0.15) is 30.1 Å². The fourth-order valence-electron chi connectivity index (χ4n) is 1.38. The first kappa shape index (κ1) is 16.1. The van der Waals surface area contributed by atoms with Crippen molar-refractivity contribution >= 4 is 11.7 Å². The molecule has 0 aromatic heterocycles. The van der Waals surface area contributed by atoms with Crippen molar-refractivity contribution in [1.29, 1.82) is 0 Å². The lowest BCUT2D eigenvalue weighted by atomic mass is 10.1. The third kappa shape index (κ3) is 3.12. The van der Waals surface area contributed by atoms with Gasteiger partial charge in [-0.05, 0) is 0 Å². The summed E-state index contributed by atoms with van der Waals surface area (Å²) in [5.74, 6) is -12.8. The number of halogens is 5. The van der Waals surface area contributed by atoms with Gasteiger partial charge in [-0.3, -0.25) is 9.59 Å². The number of amides is 1. The molecule has 3 nitrogen and oxygen atoms in total. The highest BCUT2D eigenvalue weighted by Crippen LogP contribution is 2.22. The first-order valence-electron chi connectivity index (χ1n) is 5.62. The Labute approximate surface area is 110 Å². The second-order valence-corrected chi connectivity index (χ2v) is 3.84. The zero-order valence-electron chi connectivity index (χ0n) is 10.3. The van der Waals surface area contributed by atoms with Gasteiger partial charge in [0.25, 0.3) is 5.91 Å². The zero-order valence-corrected chi connectivity index (χ0v) is 10.3. The molecule has 0 saturated heterocycles. The van der Waals surface area contributed by atoms with Gasteiger partial charge in [-0.2, -0.15) is 0 Å². The molecule has 0 radical (unpaired) electrons. The molecule has 0 spiro atoms. The third-order valence-corrected chi connectivity index (χ3v) is 2.52. The van der Waals surface area contributed by atoms with E-state index in [-0.39, 0.29) is 25.2 Å². The molecule has 0 atom stereocenters. The van der Waals surface area contributed by atoms with Crippen LogP contribution in [0.25, 0.3) is 0 Å². The summed E-state index contributed by atoms with van der Waals surface area (Å²) in [6, 6.07) is 0. The monoisotopic (exact) mass is 295 g/mol. The maximum absolute atomic E-state index is 13.3. The van der Waals surface area contributed by atoms with Crippen LogP contribution in [0.2, 0.25) is 0 Å². The number of carbonyl (C=O) groups excluding carboxylic acids is 2. The van der Waals surface area contributed by atoms with Crippen molar-refractivity contribution in [1.82, 2.24) is 5.32 Å². The number of rotatable bonds is 5. The first-order chi connectivity index (χ1) is 9.31. The molecule has 8 heteroatoms. The van der Waals surface area contributed by atoms with Crippen molar-refractivity contribution in [2.75, 3.05) is 6.54 Å². The van der Waals surface area contributed by atoms with E-state index in [9.17, 15) is 31.5 Å². The number of hydrogen-bond donors (Lipinski definition) is 1. The van der Waals surface area contributed by atoms with Crippen LogP contribution >= 0.6 is 0 Å². The normalized spacial score (nSPS) is 10.5. The largest absolute Gasteiger partial charge is 0.351 e. The minimum Gasteiger partial charge on any atom is -0.351 e. The van der Waals surface area contributed by atoms with E-state index in [0.29, 0.717) is 0 Å². The molecule has 1 amide bonds. The van der Waals surface area contributed by atoms with Gasteiger partial charge in [0.15, 0.2) is 23.3 Å². The molecule has 110 valence electrons. The van der Waals surface area contributed by atoms with E-state index in [1.54, 1.807) is 6.92 Å². The van der Waals surface area contributed by atoms with Crippen molar-refractivity contribution in [3.8, 4) is 0 Å². The SMILES string of the molecule is CCC(=O)CCNC(=O)c1c(F)c(F)c(F)c(F)c1F. The quantitative estimate of drug-likeness (QED) is 0.515. The first-order valence-corrected chi connectivity index (χ1v) is 5.62. The topological polar surface area (TPSA) is 46.2 Å². The molecule has 0 aliphatic heterocycles. The molecule has 0 fully saturated rings. The summed E-state index contributed by atoms with van der Waals surface area (Å²) in [6.07, 6.45) is 0.107. The van der Waals surface area contributed by atoms with E-state index in [4.69, 9.17) is 0 Å². The number of Topliss-reactive ketones (excluding diaryl/α,β-unsaturated/α-hetero) is 1. The van der Waals surface area contributed by atoms with E-state index in [0.717, 1.165) is 0 Å². The van der Waals surface area contributed by atoms with Crippen LogP contribution in [-0.4, -0.2) is 18.2 Å². The van der Waals surface area contributed by atoms with Crippen LogP contribution in [0, 0.1) is 29.1 Å². The minimum atomic E-state index is -2.34. The summed E-state index contributed by atoms with van der Waals surface area (Å²) in [5, 5.41) is 1.92. The molecule has 1 aromatic carbocycles. The van der Waals surface area contributed by atoms with Gasteiger partial charge in [0.1, 0.15) is 11.3 Å². The Kier molecular flexibility index (Phi) is 5.18. The second kappa shape index (κ2) is 6.44. The summed E-state index contributed by atoms with van der Waals surface area (Å²) < 4.78 is 65.0. The molecule has 0 aliphatic carbocycles. The predicted molar refractivity (Wildman–Crippen MR) is 58.5 cm³/mol. The van der Waals surface area contributed by atoms with E-state index in [1.807, 2.05) is 5.32 Å². The molecule has 0 heterocycles. The lowest BCUT2D eigenvalue weighted by molar-refractivity contribution is -0.118. The van der Waals surface area contributed by atoms with E-state index >= 15 is 0 Å². The number of hydrogen-bond acceptors (Lipinski definition) is 2. The van der Waals surface area contributed by atoms with Crippen LogP contribution in [-0.2, 0) is 4.79 Å². The summed E-state index contributed by atoms with van der Waals surface area (Å²) in [5.41, 5.74) is -1.56. The Bertz CT molecular complexity index is 530. The van der Waals surface area contributed by atoms with Gasteiger partial charge in [-0.15, -0.1) is 0 Å². The molecular formula is C12H10F5NO2. The summed E-state index contributed by atoms with van der Waals surface area (Å²) >= 11 is 0. The Morgan fingerprint density at radius 1 is 0.900 bits per heavy atom. The second-order valence-electron chi connectivity index (χ2n) is 3.84. The summed E-state index contributed by atoms with van der Waals surface area (Å²) in [7, 11) is 0. The van der Waals surface area contributed by atoms with Gasteiger partial charge in [0.2, 0.25) is 5.82 Å². The molecule has 0 aliphatic rings. The lowest BCUT2D eigenvalue weighted by Crippen LogP contribution is -2.29. The standard InChI is InChI=1S/C12H10F5NO2/c1-2-5(19)3-4-18-12(20)6-7(13)9(15)11(17)10(16)8(6)14/h2-4H2,1H3,(H,18,20). The predicted octanol–water partition coefficient (Wildman–Crippen LogP) is 2.48. The van der Waals surface area contributed by atoms with Gasteiger partial charge >= 0.3 is 0 Å². The number of carbonyl (C=O) groups is 2. The molecule has 1 aromatic rings. The highest BCUT2D eigenvalue weighted by atomic mass is 19.2. The van der Waals surface area contributed by atoms with Gasteiger partial charge in [0.05, 0.1) is 0 Å². The molecule has 1 rings (SSSR count). The minimum absolute atomic E-state index is 0.0996. The van der Waals surface area contributed by atoms with Crippen molar-refractivity contribution in [2.24, 2.45) is 0 Å². The van der Waals surface area contributed by atoms with Crippen LogP contribution in [0.15, 0.2) is 0 Å². The Hall–Kier alpha value is -1.99.